The Morgan fingerprint density at radius 1 is 1.44 bits per heavy atom. The monoisotopic (exact) mass is 252 g/mol. The van der Waals surface area contributed by atoms with Gasteiger partial charge in [-0.2, -0.15) is 0 Å². The molecule has 1 heterocycles. The zero-order valence-corrected chi connectivity index (χ0v) is 10.4. The standard InChI is InChI=1S/C14H17FO3/c1-2-17-10-6-14(7-10)8-12(16)11-4-3-9(15)5-13(11)18-14/h3-5,10,12,16H,2,6-8H2,1H3/t10?,12-,14?/m0/s1. The third-order valence-electron chi connectivity index (χ3n) is 3.83. The van der Waals surface area contributed by atoms with Crippen LogP contribution < -0.4 is 4.74 Å². The van der Waals surface area contributed by atoms with Crippen LogP contribution in [0, 0.1) is 5.82 Å². The molecule has 98 valence electrons. The fourth-order valence-electron chi connectivity index (χ4n) is 2.98. The van der Waals surface area contributed by atoms with Crippen molar-refractivity contribution in [2.45, 2.75) is 44.0 Å². The van der Waals surface area contributed by atoms with Crippen LogP contribution in [0.1, 0.15) is 37.9 Å². The molecule has 1 spiro atoms. The average molecular weight is 252 g/mol. The molecule has 1 aromatic carbocycles. The van der Waals surface area contributed by atoms with Gasteiger partial charge in [-0.15, -0.1) is 0 Å². The lowest BCUT2D eigenvalue weighted by atomic mass is 9.71. The zero-order valence-electron chi connectivity index (χ0n) is 10.4. The molecule has 18 heavy (non-hydrogen) atoms. The number of aliphatic hydroxyl groups excluding tert-OH is 1. The van der Waals surface area contributed by atoms with E-state index >= 15 is 0 Å². The third kappa shape index (κ3) is 1.89. The molecule has 1 saturated carbocycles. The summed E-state index contributed by atoms with van der Waals surface area (Å²) < 4.78 is 24.6. The topological polar surface area (TPSA) is 38.7 Å². The fourth-order valence-corrected chi connectivity index (χ4v) is 2.98. The van der Waals surface area contributed by atoms with Gasteiger partial charge in [0.15, 0.2) is 0 Å². The lowest BCUT2D eigenvalue weighted by Gasteiger charge is -2.50. The molecule has 0 saturated heterocycles. The van der Waals surface area contributed by atoms with Crippen molar-refractivity contribution in [3.05, 3.63) is 29.6 Å². The lowest BCUT2D eigenvalue weighted by molar-refractivity contribution is -0.147. The van der Waals surface area contributed by atoms with Crippen molar-refractivity contribution in [1.29, 1.82) is 0 Å². The molecule has 1 aliphatic heterocycles. The predicted molar refractivity (Wildman–Crippen MR) is 64.0 cm³/mol. The van der Waals surface area contributed by atoms with Gasteiger partial charge in [0.1, 0.15) is 17.2 Å². The van der Waals surface area contributed by atoms with E-state index in [1.807, 2.05) is 6.92 Å². The molecule has 4 heteroatoms. The summed E-state index contributed by atoms with van der Waals surface area (Å²) in [6.45, 7) is 2.65. The molecular weight excluding hydrogens is 235 g/mol. The summed E-state index contributed by atoms with van der Waals surface area (Å²) >= 11 is 0. The number of fused-ring (bicyclic) bond motifs is 1. The molecule has 0 amide bonds. The van der Waals surface area contributed by atoms with E-state index in [9.17, 15) is 9.50 Å². The number of rotatable bonds is 2. The van der Waals surface area contributed by atoms with E-state index in [-0.39, 0.29) is 17.5 Å². The highest BCUT2D eigenvalue weighted by Crippen LogP contribution is 2.49. The van der Waals surface area contributed by atoms with Crippen molar-refractivity contribution >= 4 is 0 Å². The second-order valence-corrected chi connectivity index (χ2v) is 5.17. The molecule has 1 atom stereocenters. The smallest absolute Gasteiger partial charge is 0.128 e. The van der Waals surface area contributed by atoms with Gasteiger partial charge in [0.05, 0.1) is 12.2 Å². The van der Waals surface area contributed by atoms with E-state index < -0.39 is 6.10 Å². The summed E-state index contributed by atoms with van der Waals surface area (Å²) in [5.41, 5.74) is 0.321. The minimum absolute atomic E-state index is 0.206. The van der Waals surface area contributed by atoms with Crippen molar-refractivity contribution in [1.82, 2.24) is 0 Å². The summed E-state index contributed by atoms with van der Waals surface area (Å²) in [6.07, 6.45) is 1.74. The molecule has 3 rings (SSSR count). The number of halogens is 1. The summed E-state index contributed by atoms with van der Waals surface area (Å²) in [5, 5.41) is 10.1. The highest BCUT2D eigenvalue weighted by Gasteiger charge is 2.51. The Balaban J connectivity index is 1.80. The SMILES string of the molecule is CCOC1CC2(C1)C[C@H](O)c1ccc(F)cc1O2. The lowest BCUT2D eigenvalue weighted by Crippen LogP contribution is -2.55. The highest BCUT2D eigenvalue weighted by molar-refractivity contribution is 5.39. The Labute approximate surface area is 106 Å². The summed E-state index contributed by atoms with van der Waals surface area (Å²) in [5.74, 6) is 0.141. The molecule has 1 fully saturated rings. The zero-order chi connectivity index (χ0) is 12.8. The largest absolute Gasteiger partial charge is 0.486 e. The predicted octanol–water partition coefficient (Wildman–Crippen LogP) is 2.58. The second-order valence-electron chi connectivity index (χ2n) is 5.17. The van der Waals surface area contributed by atoms with Crippen LogP contribution in [0.15, 0.2) is 18.2 Å². The van der Waals surface area contributed by atoms with Crippen molar-refractivity contribution in [2.75, 3.05) is 6.61 Å². The van der Waals surface area contributed by atoms with Gasteiger partial charge in [-0.25, -0.2) is 4.39 Å². The first-order chi connectivity index (χ1) is 8.62. The minimum atomic E-state index is -0.572. The van der Waals surface area contributed by atoms with E-state index in [4.69, 9.17) is 9.47 Å². The minimum Gasteiger partial charge on any atom is -0.486 e. The molecule has 1 N–H and O–H groups in total. The molecule has 3 nitrogen and oxygen atoms in total. The number of ether oxygens (including phenoxy) is 2. The van der Waals surface area contributed by atoms with Crippen LogP contribution in [0.2, 0.25) is 0 Å². The van der Waals surface area contributed by atoms with Crippen LogP contribution in [-0.4, -0.2) is 23.4 Å². The van der Waals surface area contributed by atoms with Gasteiger partial charge in [0.2, 0.25) is 0 Å². The average Bonchev–Trinajstić information content (AvgIpc) is 2.26. The van der Waals surface area contributed by atoms with Gasteiger partial charge in [0.25, 0.3) is 0 Å². The van der Waals surface area contributed by atoms with Gasteiger partial charge in [0, 0.05) is 37.5 Å². The number of benzene rings is 1. The van der Waals surface area contributed by atoms with Gasteiger partial charge in [-0.3, -0.25) is 0 Å². The Morgan fingerprint density at radius 3 is 2.94 bits per heavy atom. The van der Waals surface area contributed by atoms with Crippen LogP contribution in [0.4, 0.5) is 4.39 Å². The maximum absolute atomic E-state index is 13.2. The Bertz CT molecular complexity index is 454. The second kappa shape index (κ2) is 4.21. The number of hydrogen-bond donors (Lipinski definition) is 1. The van der Waals surface area contributed by atoms with Gasteiger partial charge in [-0.1, -0.05) is 0 Å². The highest BCUT2D eigenvalue weighted by atomic mass is 19.1. The maximum Gasteiger partial charge on any atom is 0.128 e. The molecule has 0 aromatic heterocycles. The Kier molecular flexibility index (Phi) is 2.79. The molecule has 1 aromatic rings. The summed E-state index contributed by atoms with van der Waals surface area (Å²) in [6, 6.07) is 4.31. The van der Waals surface area contributed by atoms with Crippen LogP contribution in [0.25, 0.3) is 0 Å². The molecule has 1 aliphatic carbocycles. The first-order valence-electron chi connectivity index (χ1n) is 6.40. The first kappa shape index (κ1) is 11.9. The molecular formula is C14H17FO3. The first-order valence-corrected chi connectivity index (χ1v) is 6.40. The van der Waals surface area contributed by atoms with E-state index in [0.717, 1.165) is 12.8 Å². The van der Waals surface area contributed by atoms with E-state index in [2.05, 4.69) is 0 Å². The summed E-state index contributed by atoms with van der Waals surface area (Å²) in [4.78, 5) is 0. The summed E-state index contributed by atoms with van der Waals surface area (Å²) in [7, 11) is 0. The van der Waals surface area contributed by atoms with Gasteiger partial charge in [-0.05, 0) is 19.1 Å². The van der Waals surface area contributed by atoms with E-state index in [1.54, 1.807) is 6.07 Å². The van der Waals surface area contributed by atoms with E-state index in [1.165, 1.54) is 12.1 Å². The van der Waals surface area contributed by atoms with Crippen molar-refractivity contribution in [3.63, 3.8) is 0 Å². The van der Waals surface area contributed by atoms with Crippen LogP contribution in [0.3, 0.4) is 0 Å². The molecule has 2 aliphatic rings. The number of hydrogen-bond acceptors (Lipinski definition) is 3. The van der Waals surface area contributed by atoms with Crippen molar-refractivity contribution in [2.24, 2.45) is 0 Å². The molecule has 0 unspecified atom stereocenters. The van der Waals surface area contributed by atoms with Crippen LogP contribution >= 0.6 is 0 Å². The normalized spacial score (nSPS) is 33.7. The Hall–Kier alpha value is -1.13. The fraction of sp³-hybridized carbons (Fsp3) is 0.571. The van der Waals surface area contributed by atoms with Gasteiger partial charge < -0.3 is 14.6 Å². The van der Waals surface area contributed by atoms with Crippen molar-refractivity contribution < 1.29 is 19.0 Å². The van der Waals surface area contributed by atoms with Crippen molar-refractivity contribution in [3.8, 4) is 5.75 Å². The van der Waals surface area contributed by atoms with E-state index in [0.29, 0.717) is 24.3 Å². The maximum atomic E-state index is 13.2. The molecule has 0 bridgehead atoms. The third-order valence-corrected chi connectivity index (χ3v) is 3.83. The number of aliphatic hydroxyl groups is 1. The Morgan fingerprint density at radius 2 is 2.22 bits per heavy atom. The van der Waals surface area contributed by atoms with Crippen LogP contribution in [0.5, 0.6) is 5.75 Å². The molecule has 0 radical (unpaired) electrons. The quantitative estimate of drug-likeness (QED) is 0.879. The van der Waals surface area contributed by atoms with Gasteiger partial charge >= 0.3 is 0 Å². The van der Waals surface area contributed by atoms with Crippen LogP contribution in [-0.2, 0) is 4.74 Å².